The van der Waals surface area contributed by atoms with E-state index in [1.807, 2.05) is 0 Å². The lowest BCUT2D eigenvalue weighted by Crippen LogP contribution is -2.41. The van der Waals surface area contributed by atoms with Gasteiger partial charge in [0.05, 0.1) is 0 Å². The van der Waals surface area contributed by atoms with Crippen LogP contribution in [0.2, 0.25) is 0 Å². The predicted molar refractivity (Wildman–Crippen MR) is 56.5 cm³/mol. The Hall–Kier alpha value is -0.360. The van der Waals surface area contributed by atoms with Gasteiger partial charge in [-0.15, -0.1) is 0 Å². The molecule has 6 heteroatoms. The standard InChI is InChI=1S/C7H13NO3S2/c9-6(2-4-13)8-5(1-3-12)7(10)11/h5,12-13H,1-4H2,(H,8,9)(H,10,11). The first-order valence-corrected chi connectivity index (χ1v) is 5.12. The Bertz CT molecular complexity index is 187. The van der Waals surface area contributed by atoms with Crippen molar-refractivity contribution in [2.75, 3.05) is 11.5 Å². The molecular formula is C7H13NO3S2. The van der Waals surface area contributed by atoms with E-state index >= 15 is 0 Å². The van der Waals surface area contributed by atoms with Crippen molar-refractivity contribution in [3.05, 3.63) is 0 Å². The van der Waals surface area contributed by atoms with Crippen LogP contribution < -0.4 is 5.32 Å². The first kappa shape index (κ1) is 12.6. The highest BCUT2D eigenvalue weighted by atomic mass is 32.1. The normalized spacial score (nSPS) is 12.2. The summed E-state index contributed by atoms with van der Waals surface area (Å²) in [6, 6.07) is -0.829. The minimum atomic E-state index is -1.03. The Kier molecular flexibility index (Phi) is 6.89. The second-order valence-electron chi connectivity index (χ2n) is 2.44. The molecule has 0 aromatic rings. The van der Waals surface area contributed by atoms with Crippen LogP contribution in [0.15, 0.2) is 0 Å². The molecule has 0 fully saturated rings. The molecular weight excluding hydrogens is 210 g/mol. The fraction of sp³-hybridized carbons (Fsp3) is 0.714. The molecule has 1 atom stereocenters. The van der Waals surface area contributed by atoms with Crippen molar-refractivity contribution in [3.63, 3.8) is 0 Å². The van der Waals surface area contributed by atoms with Crippen LogP contribution in [-0.4, -0.2) is 34.5 Å². The van der Waals surface area contributed by atoms with Gasteiger partial charge in [0.25, 0.3) is 0 Å². The first-order chi connectivity index (χ1) is 6.11. The zero-order valence-corrected chi connectivity index (χ0v) is 8.85. The van der Waals surface area contributed by atoms with Gasteiger partial charge >= 0.3 is 5.97 Å². The zero-order valence-electron chi connectivity index (χ0n) is 7.06. The van der Waals surface area contributed by atoms with E-state index in [9.17, 15) is 9.59 Å². The fourth-order valence-electron chi connectivity index (χ4n) is 0.755. The molecule has 0 spiro atoms. The number of carbonyl (C=O) groups is 2. The second kappa shape index (κ2) is 7.08. The highest BCUT2D eigenvalue weighted by Crippen LogP contribution is 1.96. The molecule has 1 unspecified atom stereocenters. The van der Waals surface area contributed by atoms with Gasteiger partial charge in [0.2, 0.25) is 5.91 Å². The number of amides is 1. The maximum atomic E-state index is 11.0. The summed E-state index contributed by atoms with van der Waals surface area (Å²) in [7, 11) is 0. The number of carboxylic acid groups (broad SMARTS) is 1. The first-order valence-electron chi connectivity index (χ1n) is 3.85. The van der Waals surface area contributed by atoms with E-state index < -0.39 is 12.0 Å². The minimum absolute atomic E-state index is 0.236. The molecule has 0 radical (unpaired) electrons. The molecule has 4 nitrogen and oxygen atoms in total. The second-order valence-corrected chi connectivity index (χ2v) is 3.34. The van der Waals surface area contributed by atoms with E-state index in [0.29, 0.717) is 17.9 Å². The third-order valence-electron chi connectivity index (χ3n) is 1.39. The maximum Gasteiger partial charge on any atom is 0.326 e. The average Bonchev–Trinajstić information content (AvgIpc) is 2.04. The van der Waals surface area contributed by atoms with Gasteiger partial charge in [-0.1, -0.05) is 0 Å². The molecule has 0 aromatic carbocycles. The summed E-state index contributed by atoms with van der Waals surface area (Å²) in [6.45, 7) is 0. The van der Waals surface area contributed by atoms with E-state index in [-0.39, 0.29) is 12.3 Å². The quantitative estimate of drug-likeness (QED) is 0.486. The summed E-state index contributed by atoms with van der Waals surface area (Å²) in [5.41, 5.74) is 0. The van der Waals surface area contributed by atoms with Crippen LogP contribution in [0.25, 0.3) is 0 Å². The highest BCUT2D eigenvalue weighted by molar-refractivity contribution is 7.80. The van der Waals surface area contributed by atoms with Gasteiger partial charge in [-0.05, 0) is 17.9 Å². The lowest BCUT2D eigenvalue weighted by molar-refractivity contribution is -0.141. The van der Waals surface area contributed by atoms with Crippen LogP contribution in [-0.2, 0) is 9.59 Å². The van der Waals surface area contributed by atoms with Gasteiger partial charge < -0.3 is 10.4 Å². The Morgan fingerprint density at radius 3 is 2.31 bits per heavy atom. The molecule has 0 heterocycles. The Morgan fingerprint density at radius 2 is 1.92 bits per heavy atom. The van der Waals surface area contributed by atoms with Gasteiger partial charge in [0, 0.05) is 6.42 Å². The molecule has 0 aliphatic heterocycles. The molecule has 0 aliphatic rings. The van der Waals surface area contributed by atoms with E-state index in [2.05, 4.69) is 30.6 Å². The molecule has 0 saturated carbocycles. The molecule has 0 bridgehead atoms. The maximum absolute atomic E-state index is 11.0. The van der Waals surface area contributed by atoms with Crippen LogP contribution >= 0.6 is 25.3 Å². The number of aliphatic carboxylic acids is 1. The summed E-state index contributed by atoms with van der Waals surface area (Å²) in [4.78, 5) is 21.5. The SMILES string of the molecule is O=C(CCS)NC(CCS)C(=O)O. The van der Waals surface area contributed by atoms with Crippen molar-refractivity contribution >= 4 is 37.1 Å². The molecule has 0 aliphatic carbocycles. The Labute approximate surface area is 87.9 Å². The van der Waals surface area contributed by atoms with E-state index in [0.717, 1.165) is 0 Å². The van der Waals surface area contributed by atoms with Crippen molar-refractivity contribution in [3.8, 4) is 0 Å². The van der Waals surface area contributed by atoms with Gasteiger partial charge in [0.15, 0.2) is 0 Å². The van der Waals surface area contributed by atoms with Crippen molar-refractivity contribution in [2.45, 2.75) is 18.9 Å². The molecule has 2 N–H and O–H groups in total. The van der Waals surface area contributed by atoms with Crippen molar-refractivity contribution in [1.82, 2.24) is 5.32 Å². The smallest absolute Gasteiger partial charge is 0.326 e. The number of carbonyl (C=O) groups excluding carboxylic acids is 1. The Balaban J connectivity index is 3.94. The van der Waals surface area contributed by atoms with Gasteiger partial charge in [-0.25, -0.2) is 4.79 Å². The largest absolute Gasteiger partial charge is 0.480 e. The van der Waals surface area contributed by atoms with E-state index in [4.69, 9.17) is 5.11 Å². The van der Waals surface area contributed by atoms with Crippen molar-refractivity contribution in [2.24, 2.45) is 0 Å². The molecule has 0 rings (SSSR count). The summed E-state index contributed by atoms with van der Waals surface area (Å²) < 4.78 is 0. The number of carboxylic acids is 1. The van der Waals surface area contributed by atoms with E-state index in [1.54, 1.807) is 0 Å². The van der Waals surface area contributed by atoms with Gasteiger partial charge in [0.1, 0.15) is 6.04 Å². The third kappa shape index (κ3) is 5.81. The lowest BCUT2D eigenvalue weighted by atomic mass is 10.2. The number of nitrogens with one attached hydrogen (secondary N) is 1. The van der Waals surface area contributed by atoms with Gasteiger partial charge in [-0.3, -0.25) is 4.79 Å². The van der Waals surface area contributed by atoms with Crippen LogP contribution in [0.3, 0.4) is 0 Å². The molecule has 76 valence electrons. The fourth-order valence-corrected chi connectivity index (χ4v) is 1.22. The van der Waals surface area contributed by atoms with Crippen LogP contribution in [0.5, 0.6) is 0 Å². The summed E-state index contributed by atoms with van der Waals surface area (Å²) in [5, 5.41) is 11.0. The number of hydrogen-bond donors (Lipinski definition) is 4. The minimum Gasteiger partial charge on any atom is -0.480 e. The topological polar surface area (TPSA) is 66.4 Å². The molecule has 0 saturated heterocycles. The zero-order chi connectivity index (χ0) is 10.3. The summed E-state index contributed by atoms with van der Waals surface area (Å²) >= 11 is 7.76. The highest BCUT2D eigenvalue weighted by Gasteiger charge is 2.17. The summed E-state index contributed by atoms with van der Waals surface area (Å²) in [5.74, 6) is -0.470. The lowest BCUT2D eigenvalue weighted by Gasteiger charge is -2.12. The van der Waals surface area contributed by atoms with Crippen molar-refractivity contribution in [1.29, 1.82) is 0 Å². The number of rotatable bonds is 6. The van der Waals surface area contributed by atoms with Gasteiger partial charge in [-0.2, -0.15) is 25.3 Å². The molecule has 1 amide bonds. The average molecular weight is 223 g/mol. The predicted octanol–water partition coefficient (Wildman–Crippen LogP) is 0.196. The van der Waals surface area contributed by atoms with Crippen LogP contribution in [0.4, 0.5) is 0 Å². The van der Waals surface area contributed by atoms with Crippen LogP contribution in [0, 0.1) is 0 Å². The molecule has 13 heavy (non-hydrogen) atoms. The summed E-state index contributed by atoms with van der Waals surface area (Å²) in [6.07, 6.45) is 0.566. The molecule has 0 aromatic heterocycles. The van der Waals surface area contributed by atoms with Crippen molar-refractivity contribution < 1.29 is 14.7 Å². The Morgan fingerprint density at radius 1 is 1.31 bits per heavy atom. The number of thiol groups is 2. The third-order valence-corrected chi connectivity index (χ3v) is 1.87. The van der Waals surface area contributed by atoms with Crippen LogP contribution in [0.1, 0.15) is 12.8 Å². The number of hydrogen-bond acceptors (Lipinski definition) is 4. The monoisotopic (exact) mass is 223 g/mol. The van der Waals surface area contributed by atoms with E-state index in [1.165, 1.54) is 0 Å².